The molecule has 0 unspecified atom stereocenters. The average molecular weight is 235 g/mol. The van der Waals surface area contributed by atoms with Crippen molar-refractivity contribution in [1.29, 1.82) is 5.26 Å². The highest BCUT2D eigenvalue weighted by atomic mass is 32.2. The van der Waals surface area contributed by atoms with Crippen LogP contribution in [0.15, 0.2) is 46.4 Å². The van der Waals surface area contributed by atoms with Crippen LogP contribution in [0.2, 0.25) is 0 Å². The fourth-order valence-electron chi connectivity index (χ4n) is 1.19. The Morgan fingerprint density at radius 2 is 1.81 bits per heavy atom. The van der Waals surface area contributed by atoms with Crippen LogP contribution in [0, 0.1) is 11.3 Å². The Morgan fingerprint density at radius 1 is 1.25 bits per heavy atom. The molecule has 0 aliphatic carbocycles. The molecule has 1 aromatic carbocycles. The first-order chi connectivity index (χ1) is 7.47. The van der Waals surface area contributed by atoms with E-state index in [9.17, 15) is 8.42 Å². The van der Waals surface area contributed by atoms with Crippen molar-refractivity contribution in [2.24, 2.45) is 0 Å². The maximum atomic E-state index is 11.9. The first kappa shape index (κ1) is 12.5. The van der Waals surface area contributed by atoms with E-state index < -0.39 is 9.84 Å². The van der Waals surface area contributed by atoms with E-state index in [0.29, 0.717) is 5.57 Å². The molecular weight excluding hydrogens is 222 g/mol. The first-order valence-electron chi connectivity index (χ1n) is 4.81. The predicted molar refractivity (Wildman–Crippen MR) is 62.5 cm³/mol. The molecule has 0 saturated carbocycles. The molecule has 1 rings (SSSR count). The number of nitriles is 1. The van der Waals surface area contributed by atoms with Crippen LogP contribution < -0.4 is 0 Å². The van der Waals surface area contributed by atoms with E-state index in [1.54, 1.807) is 32.0 Å². The van der Waals surface area contributed by atoms with E-state index in [4.69, 9.17) is 5.26 Å². The van der Waals surface area contributed by atoms with E-state index in [1.165, 1.54) is 12.1 Å². The van der Waals surface area contributed by atoms with Gasteiger partial charge in [0.1, 0.15) is 0 Å². The van der Waals surface area contributed by atoms with Gasteiger partial charge in [-0.05, 0) is 26.0 Å². The lowest BCUT2D eigenvalue weighted by Crippen LogP contribution is -2.09. The molecule has 0 radical (unpaired) electrons. The second kappa shape index (κ2) is 4.95. The van der Waals surface area contributed by atoms with Crippen molar-refractivity contribution in [2.45, 2.75) is 18.7 Å². The Hall–Kier alpha value is -1.60. The quantitative estimate of drug-likeness (QED) is 0.755. The lowest BCUT2D eigenvalue weighted by Gasteiger charge is -2.04. The highest BCUT2D eigenvalue weighted by Gasteiger charge is 2.16. The highest BCUT2D eigenvalue weighted by molar-refractivity contribution is 7.91. The minimum Gasteiger partial charge on any atom is -0.223 e. The maximum Gasteiger partial charge on any atom is 0.183 e. The number of rotatable bonds is 3. The fourth-order valence-corrected chi connectivity index (χ4v) is 2.66. The van der Waals surface area contributed by atoms with Gasteiger partial charge in [0, 0.05) is 5.57 Å². The standard InChI is InChI=1S/C12H13NO2S/c1-10(2)11(8-13)9-16(14,15)12-6-4-3-5-7-12/h3-7H,9H2,1-2H3. The molecule has 0 aromatic heterocycles. The second-order valence-electron chi connectivity index (χ2n) is 3.66. The van der Waals surface area contributed by atoms with Crippen molar-refractivity contribution in [3.63, 3.8) is 0 Å². The van der Waals surface area contributed by atoms with Crippen LogP contribution in [-0.4, -0.2) is 14.2 Å². The lowest BCUT2D eigenvalue weighted by molar-refractivity contribution is 0.598. The van der Waals surface area contributed by atoms with Crippen LogP contribution in [0.3, 0.4) is 0 Å². The molecule has 0 amide bonds. The molecule has 0 aliphatic rings. The zero-order chi connectivity index (χ0) is 12.2. The Morgan fingerprint density at radius 3 is 2.25 bits per heavy atom. The molecule has 0 saturated heterocycles. The Balaban J connectivity index is 3.09. The largest absolute Gasteiger partial charge is 0.223 e. The van der Waals surface area contributed by atoms with E-state index in [1.807, 2.05) is 6.07 Å². The maximum absolute atomic E-state index is 11.9. The molecule has 4 heteroatoms. The molecule has 0 aliphatic heterocycles. The molecule has 0 atom stereocenters. The average Bonchev–Trinajstić information content (AvgIpc) is 2.27. The Bertz CT molecular complexity index is 532. The summed E-state index contributed by atoms with van der Waals surface area (Å²) >= 11 is 0. The van der Waals surface area contributed by atoms with Crippen molar-refractivity contribution in [3.05, 3.63) is 41.5 Å². The number of benzene rings is 1. The van der Waals surface area contributed by atoms with Crippen LogP contribution in [0.25, 0.3) is 0 Å². The van der Waals surface area contributed by atoms with Gasteiger partial charge >= 0.3 is 0 Å². The summed E-state index contributed by atoms with van der Waals surface area (Å²) in [5.74, 6) is -0.226. The van der Waals surface area contributed by atoms with Gasteiger partial charge in [-0.1, -0.05) is 23.8 Å². The molecule has 0 bridgehead atoms. The summed E-state index contributed by atoms with van der Waals surface area (Å²) < 4.78 is 23.8. The third-order valence-electron chi connectivity index (χ3n) is 2.18. The summed E-state index contributed by atoms with van der Waals surface area (Å²) in [6, 6.07) is 10.1. The molecule has 0 fully saturated rings. The highest BCUT2D eigenvalue weighted by Crippen LogP contribution is 2.14. The van der Waals surface area contributed by atoms with Crippen molar-refractivity contribution in [1.82, 2.24) is 0 Å². The minimum atomic E-state index is -3.40. The van der Waals surface area contributed by atoms with Crippen LogP contribution >= 0.6 is 0 Å². The van der Waals surface area contributed by atoms with Gasteiger partial charge in [0.15, 0.2) is 9.84 Å². The topological polar surface area (TPSA) is 57.9 Å². The van der Waals surface area contributed by atoms with Crippen LogP contribution in [0.1, 0.15) is 13.8 Å². The van der Waals surface area contributed by atoms with Crippen molar-refractivity contribution < 1.29 is 8.42 Å². The van der Waals surface area contributed by atoms with Crippen molar-refractivity contribution >= 4 is 9.84 Å². The van der Waals surface area contributed by atoms with E-state index >= 15 is 0 Å². The third-order valence-corrected chi connectivity index (χ3v) is 3.83. The minimum absolute atomic E-state index is 0.226. The van der Waals surface area contributed by atoms with Gasteiger partial charge < -0.3 is 0 Å². The van der Waals surface area contributed by atoms with Gasteiger partial charge in [0.25, 0.3) is 0 Å². The second-order valence-corrected chi connectivity index (χ2v) is 5.65. The molecule has 84 valence electrons. The molecular formula is C12H13NO2S. The van der Waals surface area contributed by atoms with Crippen LogP contribution in [0.5, 0.6) is 0 Å². The van der Waals surface area contributed by atoms with Crippen LogP contribution in [-0.2, 0) is 9.84 Å². The summed E-state index contributed by atoms with van der Waals surface area (Å²) in [5.41, 5.74) is 1.05. The molecule has 0 heterocycles. The van der Waals surface area contributed by atoms with Crippen molar-refractivity contribution in [3.8, 4) is 6.07 Å². The van der Waals surface area contributed by atoms with Gasteiger partial charge in [0.2, 0.25) is 0 Å². The SMILES string of the molecule is CC(C)=C(C#N)CS(=O)(=O)c1ccccc1. The monoisotopic (exact) mass is 235 g/mol. The number of allylic oxidation sites excluding steroid dienone is 1. The Labute approximate surface area is 95.9 Å². The van der Waals surface area contributed by atoms with Gasteiger partial charge in [0.05, 0.1) is 16.7 Å². The molecule has 16 heavy (non-hydrogen) atoms. The van der Waals surface area contributed by atoms with Gasteiger partial charge in [-0.3, -0.25) is 0 Å². The number of hydrogen-bond donors (Lipinski definition) is 0. The van der Waals surface area contributed by atoms with Gasteiger partial charge in [-0.15, -0.1) is 0 Å². The predicted octanol–water partition coefficient (Wildman–Crippen LogP) is 2.32. The van der Waals surface area contributed by atoms with Crippen molar-refractivity contribution in [2.75, 3.05) is 5.75 Å². The molecule has 3 nitrogen and oxygen atoms in total. The summed E-state index contributed by atoms with van der Waals surface area (Å²) in [4.78, 5) is 0.254. The summed E-state index contributed by atoms with van der Waals surface area (Å²) in [6.07, 6.45) is 0. The molecule has 0 N–H and O–H groups in total. The summed E-state index contributed by atoms with van der Waals surface area (Å²) in [7, 11) is -3.40. The normalized spacial score (nSPS) is 10.6. The van der Waals surface area contributed by atoms with E-state index in [2.05, 4.69) is 0 Å². The fraction of sp³-hybridized carbons (Fsp3) is 0.250. The first-order valence-corrected chi connectivity index (χ1v) is 6.47. The zero-order valence-electron chi connectivity index (χ0n) is 9.27. The lowest BCUT2D eigenvalue weighted by atomic mass is 10.2. The molecule has 1 aromatic rings. The van der Waals surface area contributed by atoms with E-state index in [-0.39, 0.29) is 10.6 Å². The molecule has 0 spiro atoms. The van der Waals surface area contributed by atoms with Gasteiger partial charge in [-0.2, -0.15) is 5.26 Å². The number of hydrogen-bond acceptors (Lipinski definition) is 3. The Kier molecular flexibility index (Phi) is 3.86. The van der Waals surface area contributed by atoms with E-state index in [0.717, 1.165) is 5.57 Å². The summed E-state index contributed by atoms with van der Waals surface area (Å²) in [6.45, 7) is 3.47. The number of sulfone groups is 1. The number of nitrogens with zero attached hydrogens (tertiary/aromatic N) is 1. The zero-order valence-corrected chi connectivity index (χ0v) is 10.1. The van der Waals surface area contributed by atoms with Gasteiger partial charge in [-0.25, -0.2) is 8.42 Å². The smallest absolute Gasteiger partial charge is 0.183 e. The van der Waals surface area contributed by atoms with Crippen LogP contribution in [0.4, 0.5) is 0 Å². The summed E-state index contributed by atoms with van der Waals surface area (Å²) in [5, 5.41) is 8.83. The third kappa shape index (κ3) is 2.94.